The molecule has 2 aliphatic heterocycles. The first kappa shape index (κ1) is 9.47. The molecule has 0 saturated carbocycles. The van der Waals surface area contributed by atoms with Crippen LogP contribution in [0.4, 0.5) is 0 Å². The lowest BCUT2D eigenvalue weighted by Gasteiger charge is -2.37. The zero-order chi connectivity index (χ0) is 9.15. The van der Waals surface area contributed by atoms with E-state index >= 15 is 0 Å². The minimum Gasteiger partial charge on any atom is -0.318 e. The summed E-state index contributed by atoms with van der Waals surface area (Å²) in [5.41, 5.74) is 0.547. The second-order valence-corrected chi connectivity index (χ2v) is 4.66. The minimum atomic E-state index is 0.547. The van der Waals surface area contributed by atoms with E-state index < -0.39 is 0 Å². The molecule has 0 aromatic rings. The van der Waals surface area contributed by atoms with Crippen molar-refractivity contribution in [1.29, 1.82) is 0 Å². The minimum absolute atomic E-state index is 0.547. The van der Waals surface area contributed by atoms with E-state index in [-0.39, 0.29) is 0 Å². The molecular formula is C11H22N2. The van der Waals surface area contributed by atoms with Crippen molar-refractivity contribution in [1.82, 2.24) is 10.2 Å². The van der Waals surface area contributed by atoms with Crippen molar-refractivity contribution in [3.05, 3.63) is 0 Å². The SMILES string of the molecule is CNC[C@@]12CCCCCN1CCC2. The quantitative estimate of drug-likeness (QED) is 0.698. The maximum Gasteiger partial charge on any atom is 0.0334 e. The first-order valence-electron chi connectivity index (χ1n) is 5.77. The van der Waals surface area contributed by atoms with Gasteiger partial charge in [-0.15, -0.1) is 0 Å². The monoisotopic (exact) mass is 182 g/mol. The fourth-order valence-electron chi connectivity index (χ4n) is 3.18. The van der Waals surface area contributed by atoms with Gasteiger partial charge in [0, 0.05) is 12.1 Å². The lowest BCUT2D eigenvalue weighted by atomic mass is 9.90. The van der Waals surface area contributed by atoms with Crippen LogP contribution in [-0.2, 0) is 0 Å². The Morgan fingerprint density at radius 1 is 1.08 bits per heavy atom. The zero-order valence-electron chi connectivity index (χ0n) is 8.81. The third-order valence-corrected chi connectivity index (χ3v) is 3.82. The number of likely N-dealkylation sites (N-methyl/N-ethyl adjacent to an activating group) is 1. The number of fused-ring (bicyclic) bond motifs is 1. The predicted molar refractivity (Wildman–Crippen MR) is 55.9 cm³/mol. The van der Waals surface area contributed by atoms with Gasteiger partial charge in [-0.05, 0) is 45.8 Å². The molecule has 2 aliphatic rings. The molecule has 2 fully saturated rings. The van der Waals surface area contributed by atoms with Gasteiger partial charge in [0.05, 0.1) is 0 Å². The Balaban J connectivity index is 2.08. The van der Waals surface area contributed by atoms with Crippen LogP contribution < -0.4 is 5.32 Å². The topological polar surface area (TPSA) is 15.3 Å². The lowest BCUT2D eigenvalue weighted by molar-refractivity contribution is 0.139. The van der Waals surface area contributed by atoms with E-state index in [1.165, 1.54) is 58.2 Å². The summed E-state index contributed by atoms with van der Waals surface area (Å²) in [5, 5.41) is 3.39. The summed E-state index contributed by atoms with van der Waals surface area (Å²) in [7, 11) is 2.09. The van der Waals surface area contributed by atoms with E-state index in [2.05, 4.69) is 17.3 Å². The Hall–Kier alpha value is -0.0800. The molecule has 0 unspecified atom stereocenters. The van der Waals surface area contributed by atoms with Crippen LogP contribution in [0.15, 0.2) is 0 Å². The molecule has 0 amide bonds. The van der Waals surface area contributed by atoms with Crippen LogP contribution in [0.3, 0.4) is 0 Å². The molecule has 2 saturated heterocycles. The van der Waals surface area contributed by atoms with E-state index in [9.17, 15) is 0 Å². The number of nitrogens with zero attached hydrogens (tertiary/aromatic N) is 1. The van der Waals surface area contributed by atoms with Crippen LogP contribution in [0, 0.1) is 0 Å². The van der Waals surface area contributed by atoms with Crippen LogP contribution in [0.5, 0.6) is 0 Å². The summed E-state index contributed by atoms with van der Waals surface area (Å²) >= 11 is 0. The summed E-state index contributed by atoms with van der Waals surface area (Å²) < 4.78 is 0. The average Bonchev–Trinajstić information content (AvgIpc) is 2.41. The van der Waals surface area contributed by atoms with Crippen molar-refractivity contribution in [3.63, 3.8) is 0 Å². The van der Waals surface area contributed by atoms with Gasteiger partial charge in [0.15, 0.2) is 0 Å². The van der Waals surface area contributed by atoms with Gasteiger partial charge in [0.2, 0.25) is 0 Å². The Kier molecular flexibility index (Phi) is 2.89. The maximum atomic E-state index is 3.39. The molecule has 2 rings (SSSR count). The molecule has 2 heteroatoms. The van der Waals surface area contributed by atoms with Gasteiger partial charge in [-0.1, -0.05) is 12.8 Å². The van der Waals surface area contributed by atoms with Gasteiger partial charge >= 0.3 is 0 Å². The van der Waals surface area contributed by atoms with E-state index in [4.69, 9.17) is 0 Å². The molecular weight excluding hydrogens is 160 g/mol. The van der Waals surface area contributed by atoms with E-state index in [0.29, 0.717) is 5.54 Å². The second-order valence-electron chi connectivity index (χ2n) is 4.66. The standard InChI is InChI=1S/C11H22N2/c1-12-10-11-6-3-2-4-8-13(11)9-5-7-11/h12H,2-10H2,1H3/t11-/m0/s1. The fourth-order valence-corrected chi connectivity index (χ4v) is 3.18. The average molecular weight is 182 g/mol. The number of nitrogens with one attached hydrogen (secondary N) is 1. The third kappa shape index (κ3) is 1.75. The number of rotatable bonds is 2. The van der Waals surface area contributed by atoms with Gasteiger partial charge in [-0.25, -0.2) is 0 Å². The van der Waals surface area contributed by atoms with Gasteiger partial charge < -0.3 is 5.32 Å². The largest absolute Gasteiger partial charge is 0.318 e. The summed E-state index contributed by atoms with van der Waals surface area (Å²) in [6.45, 7) is 3.90. The molecule has 1 N–H and O–H groups in total. The molecule has 2 nitrogen and oxygen atoms in total. The third-order valence-electron chi connectivity index (χ3n) is 3.82. The van der Waals surface area contributed by atoms with Crippen molar-refractivity contribution in [2.45, 2.75) is 44.1 Å². The van der Waals surface area contributed by atoms with Crippen molar-refractivity contribution >= 4 is 0 Å². The van der Waals surface area contributed by atoms with Gasteiger partial charge in [0.1, 0.15) is 0 Å². The van der Waals surface area contributed by atoms with Crippen molar-refractivity contribution in [3.8, 4) is 0 Å². The Bertz CT molecular complexity index is 169. The predicted octanol–water partition coefficient (Wildman–Crippen LogP) is 1.61. The van der Waals surface area contributed by atoms with Crippen LogP contribution in [0.1, 0.15) is 38.5 Å². The summed E-state index contributed by atoms with van der Waals surface area (Å²) in [4.78, 5) is 2.75. The van der Waals surface area contributed by atoms with Gasteiger partial charge in [-0.3, -0.25) is 4.90 Å². The van der Waals surface area contributed by atoms with Gasteiger partial charge in [0.25, 0.3) is 0 Å². The van der Waals surface area contributed by atoms with Gasteiger partial charge in [-0.2, -0.15) is 0 Å². The highest BCUT2D eigenvalue weighted by Crippen LogP contribution is 2.35. The van der Waals surface area contributed by atoms with Crippen LogP contribution in [0.2, 0.25) is 0 Å². The molecule has 0 radical (unpaired) electrons. The highest BCUT2D eigenvalue weighted by atomic mass is 15.2. The summed E-state index contributed by atoms with van der Waals surface area (Å²) in [6.07, 6.45) is 8.58. The molecule has 0 aliphatic carbocycles. The first-order valence-corrected chi connectivity index (χ1v) is 5.77. The second kappa shape index (κ2) is 3.97. The number of hydrogen-bond acceptors (Lipinski definition) is 2. The maximum absolute atomic E-state index is 3.39. The van der Waals surface area contributed by atoms with Crippen molar-refractivity contribution in [2.75, 3.05) is 26.7 Å². The first-order chi connectivity index (χ1) is 6.37. The van der Waals surface area contributed by atoms with Crippen LogP contribution in [-0.4, -0.2) is 37.1 Å². The van der Waals surface area contributed by atoms with E-state index in [1.54, 1.807) is 0 Å². The normalized spacial score (nSPS) is 35.8. The molecule has 13 heavy (non-hydrogen) atoms. The highest BCUT2D eigenvalue weighted by molar-refractivity contribution is 4.98. The molecule has 0 aromatic heterocycles. The lowest BCUT2D eigenvalue weighted by Crippen LogP contribution is -2.49. The molecule has 0 aromatic carbocycles. The number of hydrogen-bond donors (Lipinski definition) is 1. The molecule has 0 spiro atoms. The Labute approximate surface area is 81.7 Å². The Morgan fingerprint density at radius 3 is 2.69 bits per heavy atom. The van der Waals surface area contributed by atoms with Crippen LogP contribution >= 0.6 is 0 Å². The van der Waals surface area contributed by atoms with E-state index in [1.807, 2.05) is 0 Å². The molecule has 76 valence electrons. The smallest absolute Gasteiger partial charge is 0.0334 e. The van der Waals surface area contributed by atoms with Crippen molar-refractivity contribution in [2.24, 2.45) is 0 Å². The van der Waals surface area contributed by atoms with Crippen molar-refractivity contribution < 1.29 is 0 Å². The fraction of sp³-hybridized carbons (Fsp3) is 1.00. The van der Waals surface area contributed by atoms with E-state index in [0.717, 1.165) is 0 Å². The highest BCUT2D eigenvalue weighted by Gasteiger charge is 2.40. The summed E-state index contributed by atoms with van der Waals surface area (Å²) in [5.74, 6) is 0. The zero-order valence-corrected chi connectivity index (χ0v) is 8.81. The van der Waals surface area contributed by atoms with Crippen LogP contribution in [0.25, 0.3) is 0 Å². The Morgan fingerprint density at radius 2 is 1.85 bits per heavy atom. The molecule has 0 bridgehead atoms. The molecule has 2 heterocycles. The summed E-state index contributed by atoms with van der Waals surface area (Å²) in [6, 6.07) is 0. The molecule has 1 atom stereocenters.